The highest BCUT2D eigenvalue weighted by Crippen LogP contribution is 2.35. The molecule has 0 aliphatic heterocycles. The van der Waals surface area contributed by atoms with Gasteiger partial charge in [0.05, 0.1) is 11.4 Å². The number of benzene rings is 1. The number of hydrogen-bond acceptors (Lipinski definition) is 6. The number of aromatic nitrogens is 5. The minimum Gasteiger partial charge on any atom is -0.609 e. The van der Waals surface area contributed by atoms with E-state index in [0.717, 1.165) is 48.0 Å². The zero-order valence-corrected chi connectivity index (χ0v) is 19.9. The summed E-state index contributed by atoms with van der Waals surface area (Å²) in [5.41, 5.74) is 3.91. The highest BCUT2D eigenvalue weighted by atomic mass is 35.5. The zero-order chi connectivity index (χ0) is 23.1. The number of hydrogen-bond donors (Lipinski definition) is 0. The number of halogens is 1. The normalized spacial score (nSPS) is 15.3. The molecule has 3 heterocycles. The Kier molecular flexibility index (Phi) is 5.90. The molecule has 1 aromatic carbocycles. The second-order valence-electron chi connectivity index (χ2n) is 8.24. The smallest absolute Gasteiger partial charge is 0.344 e. The molecule has 1 aliphatic rings. The third-order valence-corrected chi connectivity index (χ3v) is 7.14. The van der Waals surface area contributed by atoms with E-state index >= 15 is 0 Å². The topological polar surface area (TPSA) is 96.6 Å². The van der Waals surface area contributed by atoms with Gasteiger partial charge in [-0.25, -0.2) is 0 Å². The average Bonchev–Trinajstić information content (AvgIpc) is 3.33. The van der Waals surface area contributed by atoms with Crippen molar-refractivity contribution in [3.63, 3.8) is 0 Å². The number of nitrogens with zero attached hydrogens (tertiary/aromatic N) is 5. The second-order valence-corrected chi connectivity index (χ2v) is 9.92. The predicted molar refractivity (Wildman–Crippen MR) is 130 cm³/mol. The molecule has 1 saturated carbocycles. The number of pyridine rings is 1. The lowest BCUT2D eigenvalue weighted by atomic mass is 10.0. The molecule has 0 spiro atoms. The third kappa shape index (κ3) is 4.03. The molecule has 0 amide bonds. The molecule has 0 N–H and O–H groups in total. The molecule has 0 radical (unpaired) electrons. The molecular formula is C24H22ClN5O2S. The minimum atomic E-state index is -1.34. The first-order valence-electron chi connectivity index (χ1n) is 10.8. The fourth-order valence-corrected chi connectivity index (χ4v) is 5.21. The second kappa shape index (κ2) is 8.85. The summed E-state index contributed by atoms with van der Waals surface area (Å²) in [6.45, 7) is 1.89. The van der Waals surface area contributed by atoms with Crippen molar-refractivity contribution in [3.05, 3.63) is 63.9 Å². The zero-order valence-electron chi connectivity index (χ0n) is 18.3. The summed E-state index contributed by atoms with van der Waals surface area (Å²) in [4.78, 5) is 31.2. The lowest BCUT2D eigenvalue weighted by Gasteiger charge is -2.18. The van der Waals surface area contributed by atoms with Gasteiger partial charge in [0.15, 0.2) is 5.65 Å². The van der Waals surface area contributed by atoms with Crippen LogP contribution in [-0.2, 0) is 11.2 Å². The van der Waals surface area contributed by atoms with Crippen molar-refractivity contribution in [2.24, 2.45) is 0 Å². The molecule has 0 saturated heterocycles. The van der Waals surface area contributed by atoms with Crippen LogP contribution in [0.25, 0.3) is 33.4 Å². The molecule has 3 aromatic heterocycles. The van der Waals surface area contributed by atoms with Gasteiger partial charge in [-0.1, -0.05) is 36.6 Å². The van der Waals surface area contributed by atoms with E-state index in [1.165, 1.54) is 6.26 Å². The molecule has 1 atom stereocenters. The molecule has 4 aromatic rings. The van der Waals surface area contributed by atoms with Gasteiger partial charge in [0, 0.05) is 62.9 Å². The van der Waals surface area contributed by atoms with Crippen LogP contribution in [0.1, 0.15) is 37.4 Å². The van der Waals surface area contributed by atoms with Crippen LogP contribution < -0.4 is 5.56 Å². The van der Waals surface area contributed by atoms with E-state index < -0.39 is 11.2 Å². The summed E-state index contributed by atoms with van der Waals surface area (Å²) in [5, 5.41) is 1.40. The number of rotatable bonds is 4. The van der Waals surface area contributed by atoms with Crippen molar-refractivity contribution in [2.45, 2.75) is 43.8 Å². The Morgan fingerprint density at radius 1 is 1.09 bits per heavy atom. The maximum Gasteiger partial charge on any atom is 0.344 e. The minimum absolute atomic E-state index is 0.0493. The first kappa shape index (κ1) is 22.0. The van der Waals surface area contributed by atoms with E-state index in [0.29, 0.717) is 21.8 Å². The number of aryl methyl sites for hydroxylation is 1. The Labute approximate surface area is 199 Å². The Morgan fingerprint density at radius 2 is 1.85 bits per heavy atom. The van der Waals surface area contributed by atoms with Gasteiger partial charge >= 0.3 is 5.16 Å². The van der Waals surface area contributed by atoms with Gasteiger partial charge < -0.3 is 4.55 Å². The van der Waals surface area contributed by atoms with E-state index in [4.69, 9.17) is 11.6 Å². The monoisotopic (exact) mass is 479 g/mol. The van der Waals surface area contributed by atoms with E-state index in [2.05, 4.69) is 19.9 Å². The standard InChI is InChI=1S/C24H22ClN5O2S/c1-14-21(27-10-9-26-14)15-7-8-18(20(25)12-15)19-11-16-13-28-24(33(2)32)29-22(16)30(23(19)31)17-5-3-4-6-17/h7-13,17H,3-6H2,1-2H3. The number of fused-ring (bicyclic) bond motifs is 1. The fraction of sp³-hybridized carbons (Fsp3) is 0.292. The van der Waals surface area contributed by atoms with Gasteiger partial charge in [-0.3, -0.25) is 19.3 Å². The van der Waals surface area contributed by atoms with Gasteiger partial charge in [-0.15, -0.1) is 0 Å². The van der Waals surface area contributed by atoms with Gasteiger partial charge in [0.25, 0.3) is 5.56 Å². The van der Waals surface area contributed by atoms with Gasteiger partial charge in [-0.2, -0.15) is 9.97 Å². The Hall–Kier alpha value is -2.81. The maximum atomic E-state index is 13.8. The van der Waals surface area contributed by atoms with E-state index in [1.54, 1.807) is 29.2 Å². The summed E-state index contributed by atoms with van der Waals surface area (Å²) >= 11 is 5.36. The molecular weight excluding hydrogens is 458 g/mol. The molecule has 1 unspecified atom stereocenters. The quantitative estimate of drug-likeness (QED) is 0.310. The predicted octanol–water partition coefficient (Wildman–Crippen LogP) is 4.73. The van der Waals surface area contributed by atoms with E-state index in [1.807, 2.05) is 25.1 Å². The highest BCUT2D eigenvalue weighted by molar-refractivity contribution is 7.90. The van der Waals surface area contributed by atoms with E-state index in [9.17, 15) is 9.35 Å². The lowest BCUT2D eigenvalue weighted by Crippen LogP contribution is -2.26. The van der Waals surface area contributed by atoms with Gasteiger partial charge in [-0.05, 0) is 31.9 Å². The molecule has 7 nitrogen and oxygen atoms in total. The maximum absolute atomic E-state index is 13.8. The Balaban J connectivity index is 1.70. The van der Waals surface area contributed by atoms with Crippen LogP contribution in [0.3, 0.4) is 0 Å². The Morgan fingerprint density at radius 3 is 2.55 bits per heavy atom. The van der Waals surface area contributed by atoms with Crippen LogP contribution in [0.5, 0.6) is 0 Å². The SMILES string of the molecule is Cc1nccnc1-c1ccc(-c2cc3cnc([S+](C)[O-])nc3n(C3CCCC3)c2=O)c(Cl)c1. The van der Waals surface area contributed by atoms with Gasteiger partial charge in [0.1, 0.15) is 6.26 Å². The van der Waals surface area contributed by atoms with Crippen LogP contribution in [-0.4, -0.2) is 35.3 Å². The van der Waals surface area contributed by atoms with Crippen molar-refractivity contribution in [1.29, 1.82) is 0 Å². The Bertz CT molecular complexity index is 1420. The van der Waals surface area contributed by atoms with Crippen LogP contribution >= 0.6 is 11.6 Å². The highest BCUT2D eigenvalue weighted by Gasteiger charge is 2.25. The van der Waals surface area contributed by atoms with Crippen LogP contribution in [0.4, 0.5) is 0 Å². The van der Waals surface area contributed by atoms with Crippen LogP contribution in [0, 0.1) is 6.92 Å². The molecule has 0 bridgehead atoms. The molecule has 168 valence electrons. The van der Waals surface area contributed by atoms with Crippen molar-refractivity contribution in [3.8, 4) is 22.4 Å². The van der Waals surface area contributed by atoms with Crippen molar-refractivity contribution in [2.75, 3.05) is 6.26 Å². The molecule has 1 aliphatic carbocycles. The largest absolute Gasteiger partial charge is 0.609 e. The summed E-state index contributed by atoms with van der Waals surface area (Å²) in [7, 11) is 0. The van der Waals surface area contributed by atoms with Gasteiger partial charge in [0.2, 0.25) is 0 Å². The first-order chi connectivity index (χ1) is 15.9. The lowest BCUT2D eigenvalue weighted by molar-refractivity contribution is 0.514. The van der Waals surface area contributed by atoms with Crippen LogP contribution in [0.2, 0.25) is 5.02 Å². The fourth-order valence-electron chi connectivity index (χ4n) is 4.51. The first-order valence-corrected chi connectivity index (χ1v) is 12.7. The summed E-state index contributed by atoms with van der Waals surface area (Å²) in [6.07, 6.45) is 10.4. The van der Waals surface area contributed by atoms with Crippen LogP contribution in [0.15, 0.2) is 52.8 Å². The summed E-state index contributed by atoms with van der Waals surface area (Å²) < 4.78 is 13.7. The molecule has 1 fully saturated rings. The molecule has 33 heavy (non-hydrogen) atoms. The third-order valence-electron chi connectivity index (χ3n) is 6.11. The van der Waals surface area contributed by atoms with Crippen molar-refractivity contribution >= 4 is 33.8 Å². The molecule has 5 rings (SSSR count). The average molecular weight is 480 g/mol. The summed E-state index contributed by atoms with van der Waals surface area (Å²) in [6, 6.07) is 7.40. The van der Waals surface area contributed by atoms with E-state index in [-0.39, 0.29) is 16.8 Å². The van der Waals surface area contributed by atoms with Crippen molar-refractivity contribution < 1.29 is 4.55 Å². The molecule has 9 heteroatoms. The summed E-state index contributed by atoms with van der Waals surface area (Å²) in [5.74, 6) is 0. The van der Waals surface area contributed by atoms with Crippen molar-refractivity contribution in [1.82, 2.24) is 24.5 Å².